The van der Waals surface area contributed by atoms with Gasteiger partial charge in [-0.3, -0.25) is 4.79 Å². The number of rotatable bonds is 4. The van der Waals surface area contributed by atoms with E-state index >= 15 is 0 Å². The van der Waals surface area contributed by atoms with E-state index in [-0.39, 0.29) is 17.9 Å². The Balaban J connectivity index is 1.62. The van der Waals surface area contributed by atoms with Gasteiger partial charge in [0, 0.05) is 31.0 Å². The first-order valence-corrected chi connectivity index (χ1v) is 8.60. The summed E-state index contributed by atoms with van der Waals surface area (Å²) in [6.07, 6.45) is 7.11. The molecular formula is C20H24N2O2. The second-order valence-electron chi connectivity index (χ2n) is 6.59. The fraction of sp³-hybridized carbons (Fsp3) is 0.400. The SMILES string of the molecule is CN(CC1CCCCC1O)C(=O)/C=C/c1ccc2ccccc2n1. The van der Waals surface area contributed by atoms with Crippen molar-refractivity contribution in [3.05, 3.63) is 48.2 Å². The maximum atomic E-state index is 12.3. The number of benzene rings is 1. The van der Waals surface area contributed by atoms with Crippen LogP contribution in [0.4, 0.5) is 0 Å². The van der Waals surface area contributed by atoms with Crippen molar-refractivity contribution in [2.24, 2.45) is 5.92 Å². The average molecular weight is 324 g/mol. The molecule has 3 rings (SSSR count). The van der Waals surface area contributed by atoms with Crippen LogP contribution in [0.25, 0.3) is 17.0 Å². The number of nitrogens with zero attached hydrogens (tertiary/aromatic N) is 2. The molecule has 1 aromatic heterocycles. The van der Waals surface area contributed by atoms with Gasteiger partial charge >= 0.3 is 0 Å². The number of pyridine rings is 1. The number of carbonyl (C=O) groups is 1. The van der Waals surface area contributed by atoms with Crippen LogP contribution in [0, 0.1) is 5.92 Å². The number of amides is 1. The highest BCUT2D eigenvalue weighted by molar-refractivity contribution is 5.91. The van der Waals surface area contributed by atoms with Crippen molar-refractivity contribution in [3.8, 4) is 0 Å². The van der Waals surface area contributed by atoms with Gasteiger partial charge in [-0.05, 0) is 31.1 Å². The minimum Gasteiger partial charge on any atom is -0.393 e. The second-order valence-corrected chi connectivity index (χ2v) is 6.59. The third kappa shape index (κ3) is 4.01. The monoisotopic (exact) mass is 324 g/mol. The molecule has 0 spiro atoms. The summed E-state index contributed by atoms with van der Waals surface area (Å²) in [6.45, 7) is 0.607. The molecule has 1 aliphatic carbocycles. The van der Waals surface area contributed by atoms with Gasteiger partial charge < -0.3 is 10.0 Å². The Morgan fingerprint density at radius 1 is 1.25 bits per heavy atom. The molecule has 0 radical (unpaired) electrons. The van der Waals surface area contributed by atoms with Crippen LogP contribution >= 0.6 is 0 Å². The zero-order valence-electron chi connectivity index (χ0n) is 14.1. The fourth-order valence-corrected chi connectivity index (χ4v) is 3.30. The minimum absolute atomic E-state index is 0.0530. The lowest BCUT2D eigenvalue weighted by Crippen LogP contribution is -2.37. The molecule has 2 unspecified atom stereocenters. The fourth-order valence-electron chi connectivity index (χ4n) is 3.30. The van der Waals surface area contributed by atoms with Gasteiger partial charge in [0.1, 0.15) is 0 Å². The standard InChI is InChI=1S/C20H24N2O2/c1-22(14-16-7-3-5-9-19(16)23)20(24)13-12-17-11-10-15-6-2-4-8-18(15)21-17/h2,4,6,8,10-13,16,19,23H,3,5,7,9,14H2,1H3/b13-12+. The van der Waals surface area contributed by atoms with Crippen LogP contribution in [-0.4, -0.2) is 40.6 Å². The van der Waals surface area contributed by atoms with Crippen LogP contribution in [0.15, 0.2) is 42.5 Å². The first-order valence-electron chi connectivity index (χ1n) is 8.60. The van der Waals surface area contributed by atoms with Crippen LogP contribution in [0.5, 0.6) is 0 Å². The molecule has 0 bridgehead atoms. The van der Waals surface area contributed by atoms with E-state index in [0.717, 1.165) is 42.3 Å². The molecule has 4 heteroatoms. The minimum atomic E-state index is -0.278. The molecule has 1 N–H and O–H groups in total. The summed E-state index contributed by atoms with van der Waals surface area (Å²) < 4.78 is 0. The van der Waals surface area contributed by atoms with E-state index in [2.05, 4.69) is 4.98 Å². The van der Waals surface area contributed by atoms with Crippen molar-refractivity contribution >= 4 is 22.9 Å². The number of hydrogen-bond acceptors (Lipinski definition) is 3. The maximum Gasteiger partial charge on any atom is 0.246 e. The lowest BCUT2D eigenvalue weighted by molar-refractivity contribution is -0.126. The molecule has 4 nitrogen and oxygen atoms in total. The second kappa shape index (κ2) is 7.58. The largest absolute Gasteiger partial charge is 0.393 e. The number of aliphatic hydroxyl groups is 1. The number of aromatic nitrogens is 1. The van der Waals surface area contributed by atoms with Crippen LogP contribution in [-0.2, 0) is 4.79 Å². The molecule has 2 aromatic rings. The van der Waals surface area contributed by atoms with E-state index in [9.17, 15) is 9.90 Å². The molecule has 1 amide bonds. The lowest BCUT2D eigenvalue weighted by Gasteiger charge is -2.30. The Morgan fingerprint density at radius 3 is 2.88 bits per heavy atom. The van der Waals surface area contributed by atoms with E-state index < -0.39 is 0 Å². The summed E-state index contributed by atoms with van der Waals surface area (Å²) in [7, 11) is 1.79. The smallest absolute Gasteiger partial charge is 0.246 e. The number of aliphatic hydroxyl groups excluding tert-OH is 1. The normalized spacial score (nSPS) is 21.2. The van der Waals surface area contributed by atoms with Crippen molar-refractivity contribution < 1.29 is 9.90 Å². The quantitative estimate of drug-likeness (QED) is 0.878. The number of hydrogen-bond donors (Lipinski definition) is 1. The van der Waals surface area contributed by atoms with Gasteiger partial charge in [-0.15, -0.1) is 0 Å². The highest BCUT2D eigenvalue weighted by atomic mass is 16.3. The summed E-state index contributed by atoms with van der Waals surface area (Å²) in [5.74, 6) is 0.141. The summed E-state index contributed by atoms with van der Waals surface area (Å²) >= 11 is 0. The zero-order valence-corrected chi connectivity index (χ0v) is 14.1. The Bertz CT molecular complexity index is 741. The first-order chi connectivity index (χ1) is 11.6. The number of para-hydroxylation sites is 1. The zero-order chi connectivity index (χ0) is 16.9. The van der Waals surface area contributed by atoms with E-state index in [1.807, 2.05) is 36.4 Å². The topological polar surface area (TPSA) is 53.4 Å². The molecular weight excluding hydrogens is 300 g/mol. The van der Waals surface area contributed by atoms with Crippen molar-refractivity contribution in [1.29, 1.82) is 0 Å². The van der Waals surface area contributed by atoms with Gasteiger partial charge in [-0.1, -0.05) is 37.1 Å². The number of fused-ring (bicyclic) bond motifs is 1. The molecule has 1 aliphatic rings. The summed E-state index contributed by atoms with van der Waals surface area (Å²) in [6, 6.07) is 11.8. The molecule has 1 aromatic carbocycles. The highest BCUT2D eigenvalue weighted by Crippen LogP contribution is 2.25. The molecule has 24 heavy (non-hydrogen) atoms. The van der Waals surface area contributed by atoms with E-state index in [4.69, 9.17) is 0 Å². The van der Waals surface area contributed by atoms with Crippen molar-refractivity contribution in [1.82, 2.24) is 9.88 Å². The van der Waals surface area contributed by atoms with Crippen molar-refractivity contribution in [2.45, 2.75) is 31.8 Å². The predicted molar refractivity (Wildman–Crippen MR) is 96.4 cm³/mol. The molecule has 2 atom stereocenters. The Morgan fingerprint density at radius 2 is 2.04 bits per heavy atom. The number of carbonyl (C=O) groups excluding carboxylic acids is 1. The highest BCUT2D eigenvalue weighted by Gasteiger charge is 2.25. The van der Waals surface area contributed by atoms with Gasteiger partial charge in [0.15, 0.2) is 0 Å². The lowest BCUT2D eigenvalue weighted by atomic mass is 9.86. The van der Waals surface area contributed by atoms with Gasteiger partial charge in [0.25, 0.3) is 0 Å². The molecule has 0 aliphatic heterocycles. The van der Waals surface area contributed by atoms with Gasteiger partial charge in [0.05, 0.1) is 17.3 Å². The molecule has 1 heterocycles. The van der Waals surface area contributed by atoms with Gasteiger partial charge in [-0.2, -0.15) is 0 Å². The van der Waals surface area contributed by atoms with Gasteiger partial charge in [-0.25, -0.2) is 4.98 Å². The number of likely N-dealkylation sites (N-methyl/N-ethyl adjacent to an activating group) is 1. The average Bonchev–Trinajstić information content (AvgIpc) is 2.61. The van der Waals surface area contributed by atoms with Crippen molar-refractivity contribution in [2.75, 3.05) is 13.6 Å². The molecule has 126 valence electrons. The van der Waals surface area contributed by atoms with E-state index in [1.165, 1.54) is 0 Å². The van der Waals surface area contributed by atoms with Crippen molar-refractivity contribution in [3.63, 3.8) is 0 Å². The summed E-state index contributed by atoms with van der Waals surface area (Å²) in [5.41, 5.74) is 1.69. The van der Waals surface area contributed by atoms with E-state index in [0.29, 0.717) is 6.54 Å². The van der Waals surface area contributed by atoms with E-state index in [1.54, 1.807) is 24.1 Å². The third-order valence-electron chi connectivity index (χ3n) is 4.77. The third-order valence-corrected chi connectivity index (χ3v) is 4.77. The van der Waals surface area contributed by atoms with Crippen LogP contribution in [0.1, 0.15) is 31.4 Å². The molecule has 1 fully saturated rings. The van der Waals surface area contributed by atoms with Crippen LogP contribution < -0.4 is 0 Å². The summed E-state index contributed by atoms with van der Waals surface area (Å²) in [5, 5.41) is 11.1. The van der Waals surface area contributed by atoms with Crippen LogP contribution in [0.2, 0.25) is 0 Å². The Kier molecular flexibility index (Phi) is 5.26. The predicted octanol–water partition coefficient (Wildman–Crippen LogP) is 3.26. The van der Waals surface area contributed by atoms with Gasteiger partial charge in [0.2, 0.25) is 5.91 Å². The van der Waals surface area contributed by atoms with Crippen LogP contribution in [0.3, 0.4) is 0 Å². The molecule has 1 saturated carbocycles. The first kappa shape index (κ1) is 16.7. The Labute approximate surface area is 142 Å². The Hall–Kier alpha value is -2.20. The summed E-state index contributed by atoms with van der Waals surface area (Å²) in [4.78, 5) is 18.5. The maximum absolute atomic E-state index is 12.3. The molecule has 0 saturated heterocycles.